The van der Waals surface area contributed by atoms with Crippen LogP contribution in [-0.2, 0) is 50.2 Å². The van der Waals surface area contributed by atoms with Crippen molar-refractivity contribution in [3.8, 4) is 11.5 Å². The summed E-state index contributed by atoms with van der Waals surface area (Å²) in [7, 11) is 3.04. The molecule has 1 aliphatic rings. The fourth-order valence-electron chi connectivity index (χ4n) is 7.85. The number of nitrogens with one attached hydrogen (secondary N) is 2. The number of imidazole rings is 2. The van der Waals surface area contributed by atoms with Crippen molar-refractivity contribution in [3.63, 3.8) is 0 Å². The highest BCUT2D eigenvalue weighted by Crippen LogP contribution is 2.33. The number of ether oxygens (including phenoxy) is 2. The average Bonchev–Trinajstić information content (AvgIpc) is 4.08. The van der Waals surface area contributed by atoms with Gasteiger partial charge in [-0.15, -0.1) is 0 Å². The van der Waals surface area contributed by atoms with Crippen molar-refractivity contribution >= 4 is 75.3 Å². The summed E-state index contributed by atoms with van der Waals surface area (Å²) in [6.45, 7) is 7.60. The smallest absolute Gasteiger partial charge is 0.253 e. The number of anilines is 2. The van der Waals surface area contributed by atoms with E-state index in [0.717, 1.165) is 39.8 Å². The first kappa shape index (κ1) is 48.3. The van der Waals surface area contributed by atoms with Crippen molar-refractivity contribution in [2.24, 2.45) is 11.5 Å². The maximum atomic E-state index is 13.6. The van der Waals surface area contributed by atoms with Crippen molar-refractivity contribution in [1.29, 1.82) is 0 Å². The number of aryl methyl sites for hydroxylation is 4. The van der Waals surface area contributed by atoms with Crippen LogP contribution in [0.3, 0.4) is 0 Å². The Bertz CT molecular complexity index is 3080. The lowest BCUT2D eigenvalue weighted by molar-refractivity contribution is -0.138. The zero-order valence-electron chi connectivity index (χ0n) is 38.9. The van der Waals surface area contributed by atoms with Crippen molar-refractivity contribution in [1.82, 2.24) is 48.5 Å². The first-order chi connectivity index (χ1) is 32.9. The molecule has 0 bridgehead atoms. The van der Waals surface area contributed by atoms with Crippen molar-refractivity contribution in [3.05, 3.63) is 94.6 Å². The van der Waals surface area contributed by atoms with Crippen molar-refractivity contribution in [2.75, 3.05) is 44.5 Å². The highest BCUT2D eigenvalue weighted by Gasteiger charge is 2.25. The maximum absolute atomic E-state index is 13.6. The standard InChI is InChI=1S/C46H52N14O9/c1-26-18-28(3)59(53-26)24-36(61)51-45-49-32-20-30(43(47)66)22-34(68-6)41(32)57(45)14-7-8-15-58-42-33(50-46(58)52-37(62)25-60-29(4)19-27(2)54-60)21-31(44(48)67)23-35(42)69-17-9-13-55(5)38(63)12-16-56-39(64)10-11-40(56)65/h7-8,10-11,18-23H,9,12-17,24-25H2,1-6H3,(H2,47,66)(H2,48,67)(H,49,51,61)(H,50,52,62)/b8-7+. The number of hydrogen-bond acceptors (Lipinski definition) is 13. The molecule has 360 valence electrons. The Kier molecular flexibility index (Phi) is 14.3. The van der Waals surface area contributed by atoms with Gasteiger partial charge in [0.05, 0.1) is 36.1 Å². The molecule has 4 aromatic heterocycles. The number of carbonyl (C=O) groups excluding carboxylic acids is 7. The minimum atomic E-state index is -0.745. The number of imide groups is 1. The molecule has 0 unspecified atom stereocenters. The van der Waals surface area contributed by atoms with E-state index in [1.54, 1.807) is 37.7 Å². The number of nitrogens with zero attached hydrogens (tertiary/aromatic N) is 10. The van der Waals surface area contributed by atoms with Crippen LogP contribution in [0, 0.1) is 27.7 Å². The number of methoxy groups -OCH3 is 1. The molecular formula is C46H52N14O9. The summed E-state index contributed by atoms with van der Waals surface area (Å²) < 4.78 is 18.5. The van der Waals surface area contributed by atoms with E-state index < -0.39 is 35.4 Å². The molecule has 0 saturated carbocycles. The SMILES string of the molecule is COc1cc(C(N)=O)cc2nc(NC(=O)Cn3nc(C)cc3C)n(C/C=C/Cn3c(NC(=O)Cn4nc(C)cc4C)nc4cc(C(N)=O)cc(OCCCN(C)C(=O)CCN5C(=O)C=CC5=O)c43)c12. The second-order valence-electron chi connectivity index (χ2n) is 16.4. The number of nitrogens with two attached hydrogens (primary N) is 2. The Morgan fingerprint density at radius 2 is 1.19 bits per heavy atom. The number of amides is 7. The molecule has 0 fully saturated rings. The Labute approximate surface area is 394 Å². The third kappa shape index (κ3) is 11.0. The van der Waals surface area contributed by atoms with Crippen LogP contribution in [0.15, 0.2) is 60.7 Å². The average molecular weight is 945 g/mol. The molecule has 2 aromatic carbocycles. The fraction of sp³-hybridized carbons (Fsp3) is 0.326. The molecule has 23 heteroatoms. The molecule has 0 saturated heterocycles. The summed E-state index contributed by atoms with van der Waals surface area (Å²) in [6, 6.07) is 9.67. The van der Waals surface area contributed by atoms with E-state index in [-0.39, 0.29) is 98.2 Å². The number of benzene rings is 2. The summed E-state index contributed by atoms with van der Waals surface area (Å²) in [5.74, 6) is -2.72. The molecule has 0 radical (unpaired) electrons. The van der Waals surface area contributed by atoms with Crippen LogP contribution in [0.5, 0.6) is 11.5 Å². The topological polar surface area (TPSA) is 292 Å². The zero-order valence-corrected chi connectivity index (χ0v) is 38.9. The number of primary amides is 2. The van der Waals surface area contributed by atoms with E-state index in [4.69, 9.17) is 25.9 Å². The number of fused-ring (bicyclic) bond motifs is 2. The molecule has 69 heavy (non-hydrogen) atoms. The third-order valence-electron chi connectivity index (χ3n) is 11.2. The number of aromatic nitrogens is 8. The number of allylic oxidation sites excluding steroid dienone is 2. The lowest BCUT2D eigenvalue weighted by atomic mass is 10.1. The molecule has 0 aliphatic carbocycles. The summed E-state index contributed by atoms with van der Waals surface area (Å²) >= 11 is 0. The van der Waals surface area contributed by atoms with Crippen LogP contribution in [0.2, 0.25) is 0 Å². The van der Waals surface area contributed by atoms with Gasteiger partial charge in [-0.1, -0.05) is 12.2 Å². The summed E-state index contributed by atoms with van der Waals surface area (Å²) in [4.78, 5) is 100. The van der Waals surface area contributed by atoms with Crippen LogP contribution < -0.4 is 31.6 Å². The van der Waals surface area contributed by atoms with Crippen LogP contribution >= 0.6 is 0 Å². The predicted molar refractivity (Wildman–Crippen MR) is 251 cm³/mol. The van der Waals surface area contributed by atoms with Gasteiger partial charge in [0.25, 0.3) is 11.8 Å². The lowest BCUT2D eigenvalue weighted by Gasteiger charge is -2.19. The highest BCUT2D eigenvalue weighted by atomic mass is 16.5. The predicted octanol–water partition coefficient (Wildman–Crippen LogP) is 2.30. The number of carbonyl (C=O) groups is 7. The molecule has 6 aromatic rings. The molecule has 0 spiro atoms. The second kappa shape index (κ2) is 20.5. The van der Waals surface area contributed by atoms with Gasteiger partial charge >= 0.3 is 0 Å². The second-order valence-corrected chi connectivity index (χ2v) is 16.4. The molecule has 1 aliphatic heterocycles. The molecular weight excluding hydrogens is 893 g/mol. The Morgan fingerprint density at radius 1 is 0.710 bits per heavy atom. The molecule has 5 heterocycles. The monoisotopic (exact) mass is 944 g/mol. The minimum absolute atomic E-state index is 0.0460. The minimum Gasteiger partial charge on any atom is -0.494 e. The Hall–Kier alpha value is -8.63. The van der Waals surface area contributed by atoms with E-state index in [9.17, 15) is 33.6 Å². The maximum Gasteiger partial charge on any atom is 0.253 e. The van der Waals surface area contributed by atoms with Gasteiger partial charge in [-0.3, -0.25) is 58.5 Å². The lowest BCUT2D eigenvalue weighted by Crippen LogP contribution is -2.36. The van der Waals surface area contributed by atoms with E-state index in [1.165, 1.54) is 36.3 Å². The van der Waals surface area contributed by atoms with E-state index >= 15 is 0 Å². The summed E-state index contributed by atoms with van der Waals surface area (Å²) in [6.07, 6.45) is 6.20. The van der Waals surface area contributed by atoms with E-state index in [0.29, 0.717) is 23.0 Å². The Morgan fingerprint density at radius 3 is 1.64 bits per heavy atom. The first-order valence-corrected chi connectivity index (χ1v) is 21.8. The van der Waals surface area contributed by atoms with Crippen LogP contribution in [0.1, 0.15) is 56.3 Å². The number of rotatable bonds is 21. The van der Waals surface area contributed by atoms with Crippen LogP contribution in [0.4, 0.5) is 11.9 Å². The molecule has 23 nitrogen and oxygen atoms in total. The van der Waals surface area contributed by atoms with Crippen molar-refractivity contribution in [2.45, 2.75) is 66.7 Å². The molecule has 6 N–H and O–H groups in total. The molecule has 7 rings (SSSR count). The largest absolute Gasteiger partial charge is 0.494 e. The first-order valence-electron chi connectivity index (χ1n) is 21.8. The summed E-state index contributed by atoms with van der Waals surface area (Å²) in [5.41, 5.74) is 16.2. The van der Waals surface area contributed by atoms with Gasteiger partial charge in [0, 0.05) is 74.3 Å². The highest BCUT2D eigenvalue weighted by molar-refractivity contribution is 6.13. The van der Waals surface area contributed by atoms with E-state index in [2.05, 4.69) is 25.8 Å². The van der Waals surface area contributed by atoms with Gasteiger partial charge in [0.1, 0.15) is 35.6 Å². The van der Waals surface area contributed by atoms with Gasteiger partial charge in [0.15, 0.2) is 0 Å². The van der Waals surface area contributed by atoms with Crippen molar-refractivity contribution < 1.29 is 43.0 Å². The number of hydrogen-bond donors (Lipinski definition) is 4. The third-order valence-corrected chi connectivity index (χ3v) is 11.2. The fourth-order valence-corrected chi connectivity index (χ4v) is 7.85. The van der Waals surface area contributed by atoms with Crippen LogP contribution in [-0.4, -0.2) is 124 Å². The molecule has 0 atom stereocenters. The normalized spacial score (nSPS) is 12.5. The molecule has 7 amide bonds. The zero-order chi connectivity index (χ0) is 49.7. The van der Waals surface area contributed by atoms with Gasteiger partial charge in [-0.2, -0.15) is 10.2 Å². The van der Waals surface area contributed by atoms with Gasteiger partial charge in [0.2, 0.25) is 41.4 Å². The summed E-state index contributed by atoms with van der Waals surface area (Å²) in [5, 5.41) is 14.6. The van der Waals surface area contributed by atoms with Crippen LogP contribution in [0.25, 0.3) is 22.1 Å². The van der Waals surface area contributed by atoms with Gasteiger partial charge in [-0.25, -0.2) is 9.97 Å². The Balaban J connectivity index is 1.17. The van der Waals surface area contributed by atoms with Gasteiger partial charge in [-0.05, 0) is 70.5 Å². The van der Waals surface area contributed by atoms with E-state index in [1.807, 2.05) is 39.8 Å². The van der Waals surface area contributed by atoms with Gasteiger partial charge < -0.3 is 35.0 Å². The quantitative estimate of drug-likeness (QED) is 0.0458.